The fraction of sp³-hybridized carbons (Fsp3) is 0.500. The van der Waals surface area contributed by atoms with Gasteiger partial charge >= 0.3 is 17.9 Å². The summed E-state index contributed by atoms with van der Waals surface area (Å²) < 4.78 is 40.6. The van der Waals surface area contributed by atoms with Gasteiger partial charge in [-0.25, -0.2) is 13.2 Å². The van der Waals surface area contributed by atoms with E-state index in [1.807, 2.05) is 0 Å². The zero-order valence-electron chi connectivity index (χ0n) is 30.4. The smallest absolute Gasteiger partial charge is 0.343 e. The van der Waals surface area contributed by atoms with Crippen molar-refractivity contribution in [3.63, 3.8) is 0 Å². The summed E-state index contributed by atoms with van der Waals surface area (Å²) in [6.07, 6.45) is -0.364. The Hall–Kier alpha value is -4.99. The molecule has 2 aliphatic rings. The summed E-state index contributed by atoms with van der Waals surface area (Å²) in [5.74, 6) is -2.37. The largest absolute Gasteiger partial charge is 0.460 e. The van der Waals surface area contributed by atoms with E-state index in [1.165, 1.54) is 17.0 Å². The van der Waals surface area contributed by atoms with Gasteiger partial charge in [0.05, 0.1) is 35.6 Å². The molecule has 16 heteroatoms. The minimum Gasteiger partial charge on any atom is -0.460 e. The highest BCUT2D eigenvalue weighted by Crippen LogP contribution is 2.37. The first-order chi connectivity index (χ1) is 24.1. The van der Waals surface area contributed by atoms with Crippen molar-refractivity contribution in [1.82, 2.24) is 4.90 Å². The summed E-state index contributed by atoms with van der Waals surface area (Å²) >= 11 is 0. The zero-order valence-corrected chi connectivity index (χ0v) is 31.2. The highest BCUT2D eigenvalue weighted by molar-refractivity contribution is 7.91. The molecule has 4 N–H and O–H groups in total. The second-order valence-electron chi connectivity index (χ2n) is 14.9. The fourth-order valence-corrected chi connectivity index (χ4v) is 6.88. The van der Waals surface area contributed by atoms with Crippen LogP contribution < -0.4 is 15.8 Å². The first-order valence-corrected chi connectivity index (χ1v) is 18.7. The highest BCUT2D eigenvalue weighted by Gasteiger charge is 2.46. The number of nitrogens with two attached hydrogens (primary N) is 1. The van der Waals surface area contributed by atoms with Gasteiger partial charge in [-0.05, 0) is 89.9 Å². The number of carbonyl (C=O) groups is 4. The van der Waals surface area contributed by atoms with E-state index in [1.54, 1.807) is 71.9 Å². The van der Waals surface area contributed by atoms with E-state index < -0.39 is 44.5 Å². The predicted octanol–water partition coefficient (Wildman–Crippen LogP) is 3.73. The second kappa shape index (κ2) is 15.7. The minimum atomic E-state index is -3.17. The average molecular weight is 742 g/mol. The molecular weight excluding hydrogens is 694 g/mol. The molecule has 0 aromatic heterocycles. The number of oxime groups is 1. The maximum absolute atomic E-state index is 13.1. The molecule has 1 fully saturated rings. The van der Waals surface area contributed by atoms with Gasteiger partial charge in [0.1, 0.15) is 17.0 Å². The number of hydrogen-bond donors (Lipinski definition) is 3. The number of nitrogens with one attached hydrogen (secondary N) is 2. The lowest BCUT2D eigenvalue weighted by Gasteiger charge is -2.29. The van der Waals surface area contributed by atoms with Crippen LogP contribution >= 0.6 is 0 Å². The van der Waals surface area contributed by atoms with Crippen molar-refractivity contribution >= 4 is 51.0 Å². The van der Waals surface area contributed by atoms with Gasteiger partial charge in [0.2, 0.25) is 5.91 Å². The maximum Gasteiger partial charge on any atom is 0.343 e. The van der Waals surface area contributed by atoms with Crippen LogP contribution in [0.15, 0.2) is 47.6 Å². The van der Waals surface area contributed by atoms with Crippen molar-refractivity contribution in [3.05, 3.63) is 59.2 Å². The molecule has 0 radical (unpaired) electrons. The van der Waals surface area contributed by atoms with Crippen molar-refractivity contribution in [2.75, 3.05) is 29.9 Å². The van der Waals surface area contributed by atoms with Crippen LogP contribution in [0.5, 0.6) is 5.75 Å². The number of sulfone groups is 1. The number of rotatable bonds is 11. The Morgan fingerprint density at radius 3 is 2.06 bits per heavy atom. The normalized spacial score (nSPS) is 16.6. The number of guanidine groups is 1. The minimum absolute atomic E-state index is 0.0154. The number of anilines is 1. The van der Waals surface area contributed by atoms with Crippen molar-refractivity contribution in [1.29, 1.82) is 5.41 Å². The molecule has 1 amide bonds. The molecular formula is C36H47N5O10S. The molecule has 2 heterocycles. The Bertz CT molecular complexity index is 1800. The number of amides is 1. The van der Waals surface area contributed by atoms with E-state index in [4.69, 9.17) is 30.2 Å². The van der Waals surface area contributed by atoms with Crippen LogP contribution in [0.3, 0.4) is 0 Å². The summed E-state index contributed by atoms with van der Waals surface area (Å²) in [4.78, 5) is 59.9. The molecule has 0 saturated carbocycles. The van der Waals surface area contributed by atoms with Gasteiger partial charge in [0.25, 0.3) is 0 Å². The van der Waals surface area contributed by atoms with Crippen LogP contribution in [0.25, 0.3) is 0 Å². The Balaban J connectivity index is 1.62. The first kappa shape index (κ1) is 39.8. The lowest BCUT2D eigenvalue weighted by Crippen LogP contribution is -2.43. The average Bonchev–Trinajstić information content (AvgIpc) is 3.40. The number of esters is 3. The quantitative estimate of drug-likeness (QED) is 0.130. The third kappa shape index (κ3) is 11.8. The third-order valence-electron chi connectivity index (χ3n) is 7.92. The monoisotopic (exact) mass is 741 g/mol. The van der Waals surface area contributed by atoms with Crippen LogP contribution in [-0.2, 0) is 45.0 Å². The molecule has 15 nitrogen and oxygen atoms in total. The van der Waals surface area contributed by atoms with Gasteiger partial charge < -0.3 is 35.0 Å². The number of ether oxygens (including phenoxy) is 3. The summed E-state index contributed by atoms with van der Waals surface area (Å²) in [7, 11) is -3.17. The third-order valence-corrected chi connectivity index (χ3v) is 9.53. The van der Waals surface area contributed by atoms with Crippen LogP contribution in [-0.4, -0.2) is 90.2 Å². The summed E-state index contributed by atoms with van der Waals surface area (Å²) in [6.45, 7) is 10.6. The Morgan fingerprint density at radius 1 is 0.942 bits per heavy atom. The Labute approximate surface area is 303 Å². The van der Waals surface area contributed by atoms with Crippen molar-refractivity contribution < 1.29 is 46.6 Å². The van der Waals surface area contributed by atoms with Gasteiger partial charge in [0, 0.05) is 37.2 Å². The number of aryl methyl sites for hydroxylation is 1. The van der Waals surface area contributed by atoms with Gasteiger partial charge in [-0.2, -0.15) is 0 Å². The summed E-state index contributed by atoms with van der Waals surface area (Å²) in [5, 5.41) is 14.3. The SMILES string of the molecule is CC(C)(C)OC(=O)CC1(CC(=O)OC(C)(C)C)CC(c2cc(OC(=O)c3ccc(NC(=N)N)cc3)ccc2CCC(=O)N2CCS(=O)(=O)CC2)=NO1. The van der Waals surface area contributed by atoms with Crippen molar-refractivity contribution in [2.45, 2.75) is 90.4 Å². The van der Waals surface area contributed by atoms with Gasteiger partial charge in [0.15, 0.2) is 21.4 Å². The summed E-state index contributed by atoms with van der Waals surface area (Å²) in [6, 6.07) is 11.0. The molecule has 1 saturated heterocycles. The molecule has 52 heavy (non-hydrogen) atoms. The lowest BCUT2D eigenvalue weighted by atomic mass is 9.86. The van der Waals surface area contributed by atoms with Crippen LogP contribution in [0.2, 0.25) is 0 Å². The fourth-order valence-electron chi connectivity index (χ4n) is 5.68. The molecule has 0 unspecified atom stereocenters. The maximum atomic E-state index is 13.1. The van der Waals surface area contributed by atoms with Gasteiger partial charge in [-0.1, -0.05) is 11.2 Å². The molecule has 0 spiro atoms. The van der Waals surface area contributed by atoms with E-state index in [0.29, 0.717) is 22.5 Å². The predicted molar refractivity (Wildman–Crippen MR) is 193 cm³/mol. The molecule has 0 bridgehead atoms. The second-order valence-corrected chi connectivity index (χ2v) is 17.2. The number of benzene rings is 2. The first-order valence-electron chi connectivity index (χ1n) is 16.8. The van der Waals surface area contributed by atoms with E-state index in [9.17, 15) is 27.6 Å². The molecule has 0 aliphatic carbocycles. The number of hydrogen-bond acceptors (Lipinski definition) is 12. The van der Waals surface area contributed by atoms with E-state index in [2.05, 4.69) is 10.5 Å². The van der Waals surface area contributed by atoms with E-state index >= 15 is 0 Å². The summed E-state index contributed by atoms with van der Waals surface area (Å²) in [5.41, 5.74) is 4.52. The molecule has 4 rings (SSSR count). The molecule has 2 aromatic carbocycles. The number of nitrogens with zero attached hydrogens (tertiary/aromatic N) is 2. The lowest BCUT2D eigenvalue weighted by molar-refractivity contribution is -0.169. The van der Waals surface area contributed by atoms with E-state index in [-0.39, 0.29) is 79.9 Å². The van der Waals surface area contributed by atoms with Gasteiger partial charge in [-0.3, -0.25) is 19.8 Å². The van der Waals surface area contributed by atoms with Gasteiger partial charge in [-0.15, -0.1) is 0 Å². The molecule has 2 aromatic rings. The van der Waals surface area contributed by atoms with Crippen LogP contribution in [0.1, 0.15) is 88.7 Å². The van der Waals surface area contributed by atoms with E-state index in [0.717, 1.165) is 0 Å². The highest BCUT2D eigenvalue weighted by atomic mass is 32.2. The zero-order chi connectivity index (χ0) is 38.5. The Morgan fingerprint density at radius 2 is 1.52 bits per heavy atom. The van der Waals surface area contributed by atoms with Crippen LogP contribution in [0.4, 0.5) is 5.69 Å². The molecule has 282 valence electrons. The molecule has 2 aliphatic heterocycles. The number of carbonyl (C=O) groups excluding carboxylic acids is 4. The molecule has 0 atom stereocenters. The van der Waals surface area contributed by atoms with Crippen LogP contribution in [0, 0.1) is 5.41 Å². The Kier molecular flexibility index (Phi) is 12.0. The topological polar surface area (TPSA) is 217 Å². The standard InChI is InChI=1S/C36H47N5O10S/c1-34(2,3)49-30(43)21-36(22-31(44)50-35(4,5)6)20-28(40-51-36)27-19-26(48-32(45)24-7-11-25(12-8-24)39-33(37)38)13-9-23(27)10-14-29(42)41-15-17-52(46,47)18-16-41/h7-9,11-13,19H,10,14-18,20-22H2,1-6H3,(H4,37,38,39). The van der Waals surface area contributed by atoms with Crippen molar-refractivity contribution in [3.8, 4) is 5.75 Å². The van der Waals surface area contributed by atoms with Crippen molar-refractivity contribution in [2.24, 2.45) is 10.9 Å².